The summed E-state index contributed by atoms with van der Waals surface area (Å²) < 4.78 is 0.957. The molecule has 1 aliphatic rings. The molecule has 1 unspecified atom stereocenters. The summed E-state index contributed by atoms with van der Waals surface area (Å²) in [6, 6.07) is 28.4. The minimum absolute atomic E-state index is 0.0590. The molecular weight excluding hydrogens is 374 g/mol. The number of halogens is 1. The predicted octanol–water partition coefficient (Wildman–Crippen LogP) is 5.39. The minimum atomic E-state index is -0.224. The highest BCUT2D eigenvalue weighted by Gasteiger charge is 2.60. The molecule has 3 aromatic carbocycles. The number of amides is 1. The van der Waals surface area contributed by atoms with E-state index < -0.39 is 0 Å². The Morgan fingerprint density at radius 2 is 1.48 bits per heavy atom. The summed E-state index contributed by atoms with van der Waals surface area (Å²) in [5, 5.41) is 3.07. The highest BCUT2D eigenvalue weighted by molar-refractivity contribution is 9.10. The molecule has 0 saturated heterocycles. The number of carbonyl (C=O) groups is 1. The van der Waals surface area contributed by atoms with Crippen molar-refractivity contribution in [1.82, 2.24) is 0 Å². The van der Waals surface area contributed by atoms with Crippen LogP contribution in [-0.4, -0.2) is 5.91 Å². The highest BCUT2D eigenvalue weighted by Crippen LogP contribution is 2.59. The number of nitrogens with one attached hydrogen (secondary N) is 1. The molecule has 1 aliphatic carbocycles. The Balaban J connectivity index is 1.65. The molecule has 3 aromatic rings. The first-order valence-electron chi connectivity index (χ1n) is 8.37. The molecule has 2 nitrogen and oxygen atoms in total. The van der Waals surface area contributed by atoms with Crippen molar-refractivity contribution < 1.29 is 4.79 Å². The van der Waals surface area contributed by atoms with Crippen LogP contribution in [0.25, 0.3) is 0 Å². The van der Waals surface area contributed by atoms with Gasteiger partial charge in [-0.05, 0) is 35.7 Å². The lowest BCUT2D eigenvalue weighted by atomic mass is 9.85. The number of rotatable bonds is 4. The maximum absolute atomic E-state index is 12.9. The first kappa shape index (κ1) is 16.1. The van der Waals surface area contributed by atoms with Gasteiger partial charge in [0.2, 0.25) is 5.91 Å². The van der Waals surface area contributed by atoms with E-state index >= 15 is 0 Å². The molecule has 0 radical (unpaired) electrons. The van der Waals surface area contributed by atoms with Gasteiger partial charge in [0.1, 0.15) is 0 Å². The highest BCUT2D eigenvalue weighted by atomic mass is 79.9. The number of anilines is 1. The van der Waals surface area contributed by atoms with Crippen LogP contribution in [0.1, 0.15) is 17.5 Å². The number of hydrogen-bond acceptors (Lipinski definition) is 1. The Morgan fingerprint density at radius 1 is 0.880 bits per heavy atom. The van der Waals surface area contributed by atoms with Crippen LogP contribution in [-0.2, 0) is 10.2 Å². The molecule has 1 N–H and O–H groups in total. The number of benzene rings is 3. The van der Waals surface area contributed by atoms with Crippen LogP contribution in [0.3, 0.4) is 0 Å². The van der Waals surface area contributed by atoms with Gasteiger partial charge in [-0.1, -0.05) is 82.7 Å². The van der Waals surface area contributed by atoms with Gasteiger partial charge in [-0.15, -0.1) is 0 Å². The lowest BCUT2D eigenvalue weighted by molar-refractivity contribution is -0.117. The monoisotopic (exact) mass is 391 g/mol. The van der Waals surface area contributed by atoms with Crippen LogP contribution in [0.15, 0.2) is 89.4 Å². The van der Waals surface area contributed by atoms with E-state index in [9.17, 15) is 4.79 Å². The zero-order chi connectivity index (χ0) is 17.3. The molecule has 124 valence electrons. The first-order chi connectivity index (χ1) is 12.2. The van der Waals surface area contributed by atoms with Crippen LogP contribution in [0.2, 0.25) is 0 Å². The van der Waals surface area contributed by atoms with Crippen molar-refractivity contribution in [1.29, 1.82) is 0 Å². The Morgan fingerprint density at radius 3 is 2.04 bits per heavy atom. The molecule has 1 atom stereocenters. The van der Waals surface area contributed by atoms with Gasteiger partial charge in [0.05, 0.1) is 5.92 Å². The van der Waals surface area contributed by atoms with E-state index in [-0.39, 0.29) is 17.2 Å². The molecule has 4 rings (SSSR count). The molecule has 0 heterocycles. The minimum Gasteiger partial charge on any atom is -0.326 e. The largest absolute Gasteiger partial charge is 0.326 e. The summed E-state index contributed by atoms with van der Waals surface area (Å²) in [5.74, 6) is 0.0158. The molecule has 0 bridgehead atoms. The Hall–Kier alpha value is -2.39. The third kappa shape index (κ3) is 3.00. The fourth-order valence-corrected chi connectivity index (χ4v) is 4.05. The lowest BCUT2D eigenvalue weighted by Gasteiger charge is -2.19. The second-order valence-electron chi connectivity index (χ2n) is 6.46. The molecule has 0 spiro atoms. The Bertz CT molecular complexity index is 853. The van der Waals surface area contributed by atoms with Gasteiger partial charge in [-0.25, -0.2) is 0 Å². The third-order valence-corrected chi connectivity index (χ3v) is 5.44. The molecule has 1 amide bonds. The zero-order valence-corrected chi connectivity index (χ0v) is 15.2. The van der Waals surface area contributed by atoms with Crippen molar-refractivity contribution in [3.63, 3.8) is 0 Å². The van der Waals surface area contributed by atoms with E-state index in [1.54, 1.807) is 0 Å². The number of carbonyl (C=O) groups excluding carboxylic acids is 1. The van der Waals surface area contributed by atoms with Crippen molar-refractivity contribution in [3.05, 3.63) is 101 Å². The van der Waals surface area contributed by atoms with Crippen LogP contribution < -0.4 is 5.32 Å². The summed E-state index contributed by atoms with van der Waals surface area (Å²) in [7, 11) is 0. The van der Waals surface area contributed by atoms with Crippen molar-refractivity contribution in [2.75, 3.05) is 5.32 Å². The molecule has 25 heavy (non-hydrogen) atoms. The maximum Gasteiger partial charge on any atom is 0.228 e. The summed E-state index contributed by atoms with van der Waals surface area (Å²) in [4.78, 5) is 12.9. The predicted molar refractivity (Wildman–Crippen MR) is 105 cm³/mol. The fraction of sp³-hybridized carbons (Fsp3) is 0.136. The van der Waals surface area contributed by atoms with Crippen LogP contribution in [0.4, 0.5) is 5.69 Å². The Kier molecular flexibility index (Phi) is 4.18. The summed E-state index contributed by atoms with van der Waals surface area (Å²) in [6.45, 7) is 0. The summed E-state index contributed by atoms with van der Waals surface area (Å²) >= 11 is 3.45. The number of hydrogen-bond donors (Lipinski definition) is 1. The molecular formula is C22H18BrNO. The van der Waals surface area contributed by atoms with E-state index in [0.29, 0.717) is 0 Å². The zero-order valence-electron chi connectivity index (χ0n) is 13.7. The van der Waals surface area contributed by atoms with E-state index in [4.69, 9.17) is 0 Å². The average molecular weight is 392 g/mol. The quantitative estimate of drug-likeness (QED) is 0.634. The van der Waals surface area contributed by atoms with Gasteiger partial charge in [0.25, 0.3) is 0 Å². The summed E-state index contributed by atoms with van der Waals surface area (Å²) in [6.07, 6.45) is 0.834. The standard InChI is InChI=1S/C22H18BrNO/c23-18-12-7-13-19(14-18)24-21(25)20-15-22(20,16-8-3-1-4-9-16)17-10-5-2-6-11-17/h1-14,20H,15H2,(H,24,25). The van der Waals surface area contributed by atoms with E-state index in [0.717, 1.165) is 16.6 Å². The van der Waals surface area contributed by atoms with Gasteiger partial charge in [0.15, 0.2) is 0 Å². The van der Waals surface area contributed by atoms with Gasteiger partial charge in [-0.3, -0.25) is 4.79 Å². The van der Waals surface area contributed by atoms with E-state index in [1.807, 2.05) is 60.7 Å². The van der Waals surface area contributed by atoms with Crippen LogP contribution >= 0.6 is 15.9 Å². The Labute approximate surface area is 156 Å². The van der Waals surface area contributed by atoms with Crippen molar-refractivity contribution in [3.8, 4) is 0 Å². The van der Waals surface area contributed by atoms with Gasteiger partial charge >= 0.3 is 0 Å². The fourth-order valence-electron chi connectivity index (χ4n) is 3.65. The van der Waals surface area contributed by atoms with Gasteiger partial charge in [0, 0.05) is 15.6 Å². The molecule has 0 aromatic heterocycles. The van der Waals surface area contributed by atoms with Gasteiger partial charge in [-0.2, -0.15) is 0 Å². The third-order valence-electron chi connectivity index (χ3n) is 4.95. The average Bonchev–Trinajstić information content (AvgIpc) is 3.40. The van der Waals surface area contributed by atoms with Crippen LogP contribution in [0, 0.1) is 5.92 Å². The first-order valence-corrected chi connectivity index (χ1v) is 9.17. The topological polar surface area (TPSA) is 29.1 Å². The van der Waals surface area contributed by atoms with Crippen molar-refractivity contribution in [2.45, 2.75) is 11.8 Å². The summed E-state index contributed by atoms with van der Waals surface area (Å²) in [5.41, 5.74) is 3.01. The SMILES string of the molecule is O=C(Nc1cccc(Br)c1)C1CC1(c1ccccc1)c1ccccc1. The molecule has 1 fully saturated rings. The molecule has 3 heteroatoms. The van der Waals surface area contributed by atoms with Crippen molar-refractivity contribution in [2.24, 2.45) is 5.92 Å². The second kappa shape index (κ2) is 6.49. The second-order valence-corrected chi connectivity index (χ2v) is 7.38. The van der Waals surface area contributed by atoms with E-state index in [2.05, 4.69) is 45.5 Å². The smallest absolute Gasteiger partial charge is 0.228 e. The van der Waals surface area contributed by atoms with Crippen LogP contribution in [0.5, 0.6) is 0 Å². The molecule has 0 aliphatic heterocycles. The van der Waals surface area contributed by atoms with Gasteiger partial charge < -0.3 is 5.32 Å². The van der Waals surface area contributed by atoms with Crippen molar-refractivity contribution >= 4 is 27.5 Å². The van der Waals surface area contributed by atoms with E-state index in [1.165, 1.54) is 11.1 Å². The normalized spacial score (nSPS) is 17.7. The lowest BCUT2D eigenvalue weighted by Crippen LogP contribution is -2.22. The maximum atomic E-state index is 12.9. The molecule has 1 saturated carbocycles.